The number of nitrogens with zero attached hydrogens (tertiary/aromatic N) is 2. The number of nitrogens with one attached hydrogen (secondary N) is 1. The highest BCUT2D eigenvalue weighted by molar-refractivity contribution is 7.94. The fraction of sp³-hybridized carbons (Fsp3) is 0.333. The Morgan fingerprint density at radius 1 is 1.03 bits per heavy atom. The number of fused-ring (bicyclic) bond motifs is 1. The van der Waals surface area contributed by atoms with Gasteiger partial charge in [-0.15, -0.1) is 0 Å². The summed E-state index contributed by atoms with van der Waals surface area (Å²) in [5, 5.41) is 2.95. The predicted octanol–water partition coefficient (Wildman–Crippen LogP) is 3.41. The molecule has 1 fully saturated rings. The number of anilines is 2. The Balaban J connectivity index is 1.68. The summed E-state index contributed by atoms with van der Waals surface area (Å²) < 4.78 is 40.2. The topological polar surface area (TPSA) is 86.8 Å². The van der Waals surface area contributed by atoms with Crippen LogP contribution in [0.5, 0.6) is 0 Å². The summed E-state index contributed by atoms with van der Waals surface area (Å²) in [6.45, 7) is -0.306. The van der Waals surface area contributed by atoms with Gasteiger partial charge in [0.05, 0.1) is 11.4 Å². The second kappa shape index (κ2) is 8.06. The van der Waals surface area contributed by atoms with Crippen molar-refractivity contribution in [2.45, 2.75) is 43.0 Å². The quantitative estimate of drug-likeness (QED) is 0.804. The van der Waals surface area contributed by atoms with E-state index in [0.29, 0.717) is 4.31 Å². The molecule has 0 bridgehead atoms. The van der Waals surface area contributed by atoms with Gasteiger partial charge in [-0.05, 0) is 49.2 Å². The van der Waals surface area contributed by atoms with Crippen LogP contribution in [0.2, 0.25) is 0 Å². The van der Waals surface area contributed by atoms with E-state index >= 15 is 0 Å². The smallest absolute Gasteiger partial charge is 0.343 e. The Morgan fingerprint density at radius 3 is 2.40 bits per heavy atom. The average Bonchev–Trinajstić information content (AvgIpc) is 2.73. The minimum absolute atomic E-state index is 0.00796. The Kier molecular flexibility index (Phi) is 5.46. The van der Waals surface area contributed by atoms with E-state index in [9.17, 15) is 22.4 Å². The van der Waals surface area contributed by atoms with Crippen LogP contribution >= 0.6 is 0 Å². The first-order chi connectivity index (χ1) is 14.4. The van der Waals surface area contributed by atoms with E-state index in [4.69, 9.17) is 0 Å². The van der Waals surface area contributed by atoms with Crippen molar-refractivity contribution in [2.24, 2.45) is 0 Å². The molecule has 0 unspecified atom stereocenters. The zero-order chi connectivity index (χ0) is 21.3. The second-order valence-electron chi connectivity index (χ2n) is 7.48. The maximum atomic E-state index is 13.3. The number of rotatable bonds is 4. The van der Waals surface area contributed by atoms with Crippen molar-refractivity contribution in [2.75, 3.05) is 15.7 Å². The maximum Gasteiger partial charge on any atom is 0.343 e. The van der Waals surface area contributed by atoms with Crippen LogP contribution in [0.3, 0.4) is 0 Å². The van der Waals surface area contributed by atoms with Crippen LogP contribution in [-0.4, -0.2) is 32.9 Å². The highest BCUT2D eigenvalue weighted by atomic mass is 32.2. The zero-order valence-corrected chi connectivity index (χ0v) is 17.1. The van der Waals surface area contributed by atoms with Crippen molar-refractivity contribution in [3.8, 4) is 0 Å². The number of halogens is 1. The first-order valence-corrected chi connectivity index (χ1v) is 11.3. The fourth-order valence-electron chi connectivity index (χ4n) is 3.95. The molecule has 0 aromatic heterocycles. The molecule has 2 aromatic rings. The zero-order valence-electron chi connectivity index (χ0n) is 16.3. The third-order valence-electron chi connectivity index (χ3n) is 5.41. The summed E-state index contributed by atoms with van der Waals surface area (Å²) in [5.74, 6) is -0.895. The second-order valence-corrected chi connectivity index (χ2v) is 9.24. The Bertz CT molecular complexity index is 1070. The number of para-hydroxylation sites is 1. The first-order valence-electron chi connectivity index (χ1n) is 9.89. The molecule has 2 aromatic carbocycles. The number of hydrogen-bond acceptors (Lipinski definition) is 4. The van der Waals surface area contributed by atoms with Crippen LogP contribution in [0.4, 0.5) is 20.6 Å². The molecule has 3 amide bonds. The van der Waals surface area contributed by atoms with Gasteiger partial charge in [-0.3, -0.25) is 9.69 Å². The molecule has 1 N–H and O–H groups in total. The van der Waals surface area contributed by atoms with Crippen LogP contribution < -0.4 is 14.5 Å². The van der Waals surface area contributed by atoms with Crippen LogP contribution in [0.15, 0.2) is 53.4 Å². The van der Waals surface area contributed by atoms with E-state index in [-0.39, 0.29) is 34.8 Å². The molecule has 30 heavy (non-hydrogen) atoms. The lowest BCUT2D eigenvalue weighted by atomic mass is 9.95. The summed E-state index contributed by atoms with van der Waals surface area (Å²) in [5.41, 5.74) is 0.160. The lowest BCUT2D eigenvalue weighted by molar-refractivity contribution is -0.120. The van der Waals surface area contributed by atoms with Crippen molar-refractivity contribution in [1.29, 1.82) is 0 Å². The van der Waals surface area contributed by atoms with E-state index in [0.717, 1.165) is 49.1 Å². The van der Waals surface area contributed by atoms with Crippen molar-refractivity contribution in [1.82, 2.24) is 5.32 Å². The number of urea groups is 1. The fourth-order valence-corrected chi connectivity index (χ4v) is 5.55. The molecular weight excluding hydrogens is 409 g/mol. The molecule has 1 heterocycles. The highest BCUT2D eigenvalue weighted by Crippen LogP contribution is 2.37. The highest BCUT2D eigenvalue weighted by Gasteiger charge is 2.43. The van der Waals surface area contributed by atoms with Gasteiger partial charge in [-0.1, -0.05) is 31.4 Å². The third kappa shape index (κ3) is 3.77. The van der Waals surface area contributed by atoms with Gasteiger partial charge in [0.1, 0.15) is 17.3 Å². The third-order valence-corrected chi connectivity index (χ3v) is 7.16. The molecule has 1 aliphatic carbocycles. The molecular formula is C21H22FN3O4S. The summed E-state index contributed by atoms with van der Waals surface area (Å²) in [4.78, 5) is 26.9. The molecule has 0 atom stereocenters. The molecule has 1 saturated carbocycles. The summed E-state index contributed by atoms with van der Waals surface area (Å²) >= 11 is 0. The minimum atomic E-state index is -4.21. The Hall–Kier alpha value is -2.94. The van der Waals surface area contributed by atoms with Gasteiger partial charge in [-0.25, -0.2) is 17.6 Å². The first kappa shape index (κ1) is 20.3. The van der Waals surface area contributed by atoms with E-state index in [1.54, 1.807) is 12.1 Å². The minimum Gasteiger partial charge on any atom is -0.352 e. The molecule has 1 aliphatic heterocycles. The van der Waals surface area contributed by atoms with Gasteiger partial charge >= 0.3 is 6.03 Å². The van der Waals surface area contributed by atoms with Crippen LogP contribution in [0.25, 0.3) is 0 Å². The molecule has 0 radical (unpaired) electrons. The lowest BCUT2D eigenvalue weighted by Gasteiger charge is -2.36. The van der Waals surface area contributed by atoms with Gasteiger partial charge in [0.25, 0.3) is 10.0 Å². The molecule has 158 valence electrons. The summed E-state index contributed by atoms with van der Waals surface area (Å²) in [6, 6.07) is 9.85. The molecule has 7 nitrogen and oxygen atoms in total. The maximum absolute atomic E-state index is 13.3. The van der Waals surface area contributed by atoms with Gasteiger partial charge in [0, 0.05) is 6.04 Å². The summed E-state index contributed by atoms with van der Waals surface area (Å²) in [7, 11) is -4.21. The van der Waals surface area contributed by atoms with E-state index in [1.807, 2.05) is 0 Å². The lowest BCUT2D eigenvalue weighted by Crippen LogP contribution is -2.54. The van der Waals surface area contributed by atoms with Gasteiger partial charge < -0.3 is 5.32 Å². The predicted molar refractivity (Wildman–Crippen MR) is 110 cm³/mol. The average molecular weight is 431 g/mol. The molecule has 2 aliphatic rings. The van der Waals surface area contributed by atoms with Crippen molar-refractivity contribution >= 4 is 33.3 Å². The largest absolute Gasteiger partial charge is 0.352 e. The number of hydrogen-bond donors (Lipinski definition) is 1. The number of carbonyl (C=O) groups is 2. The van der Waals surface area contributed by atoms with Crippen LogP contribution in [0.1, 0.15) is 32.1 Å². The van der Waals surface area contributed by atoms with Crippen molar-refractivity contribution < 1.29 is 22.4 Å². The standard InChI is InChI=1S/C21H22FN3O4S/c22-15-10-12-17(13-11-15)25-21(27)24(14-20(26)23-16-6-2-1-3-7-16)18-8-4-5-9-19(18)30(25,28)29/h4-5,8-13,16H,1-3,6-7,14H2,(H,23,26). The Morgan fingerprint density at radius 2 is 1.70 bits per heavy atom. The number of amides is 3. The molecule has 4 rings (SSSR count). The number of sulfonamides is 1. The molecule has 0 saturated heterocycles. The van der Waals surface area contributed by atoms with Gasteiger partial charge in [0.2, 0.25) is 5.91 Å². The number of benzene rings is 2. The molecule has 0 spiro atoms. The van der Waals surface area contributed by atoms with E-state index < -0.39 is 21.9 Å². The monoisotopic (exact) mass is 431 g/mol. The van der Waals surface area contributed by atoms with E-state index in [1.165, 1.54) is 24.3 Å². The summed E-state index contributed by atoms with van der Waals surface area (Å²) in [6.07, 6.45) is 5.04. The van der Waals surface area contributed by atoms with E-state index in [2.05, 4.69) is 5.32 Å². The van der Waals surface area contributed by atoms with Gasteiger partial charge in [0.15, 0.2) is 0 Å². The SMILES string of the molecule is O=C(CN1C(=O)N(c2ccc(F)cc2)S(=O)(=O)c2ccccc21)NC1CCCCC1. The van der Waals surface area contributed by atoms with Crippen molar-refractivity contribution in [3.63, 3.8) is 0 Å². The number of carbonyl (C=O) groups excluding carboxylic acids is 2. The van der Waals surface area contributed by atoms with Crippen LogP contribution in [0, 0.1) is 5.82 Å². The van der Waals surface area contributed by atoms with Crippen molar-refractivity contribution in [3.05, 3.63) is 54.3 Å². The van der Waals surface area contributed by atoms with Crippen LogP contribution in [-0.2, 0) is 14.8 Å². The normalized spacial score (nSPS) is 18.8. The van der Waals surface area contributed by atoms with Gasteiger partial charge in [-0.2, -0.15) is 4.31 Å². The Labute approximate surface area is 174 Å². The molecule has 9 heteroatoms.